The third-order valence-corrected chi connectivity index (χ3v) is 9.59. The van der Waals surface area contributed by atoms with Gasteiger partial charge in [0.25, 0.3) is 5.56 Å². The highest BCUT2D eigenvalue weighted by molar-refractivity contribution is 6.76. The average molecular weight is 560 g/mol. The second-order valence-electron chi connectivity index (χ2n) is 12.1. The first-order chi connectivity index (χ1) is 19.1. The molecule has 40 heavy (non-hydrogen) atoms. The molecule has 0 spiro atoms. The molecule has 10 nitrogen and oxygen atoms in total. The van der Waals surface area contributed by atoms with Gasteiger partial charge in [-0.3, -0.25) is 9.48 Å². The van der Waals surface area contributed by atoms with Crippen molar-refractivity contribution in [3.63, 3.8) is 0 Å². The van der Waals surface area contributed by atoms with Crippen LogP contribution in [0.3, 0.4) is 0 Å². The van der Waals surface area contributed by atoms with E-state index in [1.54, 1.807) is 16.3 Å². The molecular weight excluding hydrogens is 522 g/mol. The van der Waals surface area contributed by atoms with Gasteiger partial charge in [-0.05, 0) is 43.5 Å². The average Bonchev–Trinajstić information content (AvgIpc) is 3.70. The number of nitrogens with zero attached hydrogens (tertiary/aromatic N) is 6. The Bertz CT molecular complexity index is 1770. The molecule has 1 atom stereocenters. The van der Waals surface area contributed by atoms with Gasteiger partial charge in [-0.15, -0.1) is 0 Å². The second kappa shape index (κ2) is 10.1. The molecular formula is C29H37N7O3Si. The van der Waals surface area contributed by atoms with E-state index in [4.69, 9.17) is 14.2 Å². The van der Waals surface area contributed by atoms with Gasteiger partial charge in [0.05, 0.1) is 34.9 Å². The molecule has 6 rings (SSSR count). The summed E-state index contributed by atoms with van der Waals surface area (Å²) in [5.74, 6) is 0.661. The first kappa shape index (κ1) is 26.7. The summed E-state index contributed by atoms with van der Waals surface area (Å²) >= 11 is 0. The van der Waals surface area contributed by atoms with Crippen LogP contribution in [0.2, 0.25) is 25.7 Å². The lowest BCUT2D eigenvalue weighted by Crippen LogP contribution is -2.23. The predicted octanol–water partition coefficient (Wildman–Crippen LogP) is 4.64. The van der Waals surface area contributed by atoms with Gasteiger partial charge in [0, 0.05) is 63.9 Å². The van der Waals surface area contributed by atoms with E-state index < -0.39 is 8.07 Å². The number of aryl methyl sites for hydroxylation is 3. The van der Waals surface area contributed by atoms with Crippen molar-refractivity contribution in [2.75, 3.05) is 19.7 Å². The summed E-state index contributed by atoms with van der Waals surface area (Å²) in [6.07, 6.45) is 6.64. The minimum atomic E-state index is -1.23. The zero-order chi connectivity index (χ0) is 28.2. The smallest absolute Gasteiger partial charge is 0.262 e. The number of hydrogen-bond acceptors (Lipinski definition) is 7. The van der Waals surface area contributed by atoms with Crippen LogP contribution in [0.15, 0.2) is 40.0 Å². The molecule has 0 aromatic carbocycles. The topological polar surface area (TPSA) is 105 Å². The van der Waals surface area contributed by atoms with E-state index in [1.807, 2.05) is 38.6 Å². The Morgan fingerprint density at radius 1 is 1.20 bits per heavy atom. The van der Waals surface area contributed by atoms with Crippen molar-refractivity contribution in [2.24, 2.45) is 14.1 Å². The lowest BCUT2D eigenvalue weighted by Gasteiger charge is -2.19. The molecule has 1 aliphatic rings. The third-order valence-electron chi connectivity index (χ3n) is 7.88. The van der Waals surface area contributed by atoms with Gasteiger partial charge in [-0.1, -0.05) is 24.8 Å². The van der Waals surface area contributed by atoms with Crippen molar-refractivity contribution in [3.8, 4) is 22.6 Å². The molecule has 0 bridgehead atoms. The van der Waals surface area contributed by atoms with Crippen molar-refractivity contribution in [1.82, 2.24) is 34.4 Å². The highest BCUT2D eigenvalue weighted by Crippen LogP contribution is 2.40. The van der Waals surface area contributed by atoms with Crippen molar-refractivity contribution in [1.29, 1.82) is 0 Å². The van der Waals surface area contributed by atoms with Crippen LogP contribution >= 0.6 is 0 Å². The van der Waals surface area contributed by atoms with E-state index in [0.717, 1.165) is 70.0 Å². The monoisotopic (exact) mass is 559 g/mol. The van der Waals surface area contributed by atoms with E-state index in [9.17, 15) is 4.79 Å². The maximum atomic E-state index is 13.9. The van der Waals surface area contributed by atoms with E-state index in [2.05, 4.69) is 45.8 Å². The summed E-state index contributed by atoms with van der Waals surface area (Å²) < 4.78 is 17.6. The van der Waals surface area contributed by atoms with Crippen molar-refractivity contribution in [3.05, 3.63) is 52.3 Å². The van der Waals surface area contributed by atoms with Crippen molar-refractivity contribution < 1.29 is 9.26 Å². The summed E-state index contributed by atoms with van der Waals surface area (Å²) in [7, 11) is 2.49. The Morgan fingerprint density at radius 3 is 2.67 bits per heavy atom. The first-order valence-corrected chi connectivity index (χ1v) is 17.6. The molecule has 1 fully saturated rings. The van der Waals surface area contributed by atoms with Crippen LogP contribution in [0.5, 0.6) is 0 Å². The largest absolute Gasteiger partial charge is 0.361 e. The van der Waals surface area contributed by atoms with Crippen molar-refractivity contribution >= 4 is 30.0 Å². The van der Waals surface area contributed by atoms with Crippen LogP contribution in [-0.4, -0.2) is 56.8 Å². The molecule has 0 aliphatic carbocycles. The van der Waals surface area contributed by atoms with Crippen LogP contribution in [0.25, 0.3) is 44.5 Å². The van der Waals surface area contributed by atoms with E-state index in [0.29, 0.717) is 24.7 Å². The molecule has 1 unspecified atom stereocenters. The zero-order valence-electron chi connectivity index (χ0n) is 24.1. The van der Waals surface area contributed by atoms with E-state index in [-0.39, 0.29) is 11.5 Å². The summed E-state index contributed by atoms with van der Waals surface area (Å²) in [6, 6.07) is 5.12. The Morgan fingerprint density at radius 2 is 2.02 bits per heavy atom. The van der Waals surface area contributed by atoms with Gasteiger partial charge in [0.15, 0.2) is 5.76 Å². The summed E-state index contributed by atoms with van der Waals surface area (Å²) in [6.45, 7) is 11.7. The number of fused-ring (bicyclic) bond motifs is 3. The fourth-order valence-electron chi connectivity index (χ4n) is 5.73. The minimum Gasteiger partial charge on any atom is -0.361 e. The Kier molecular flexibility index (Phi) is 6.76. The molecule has 5 aromatic rings. The van der Waals surface area contributed by atoms with Crippen LogP contribution < -0.4 is 10.9 Å². The third kappa shape index (κ3) is 4.71. The SMILES string of the molecule is Cc1cc(-c2c(C3CCNC3)c3c4cc(-c5cnn(C)c5)n(COCC[Si](C)(C)C)c4ncc3n(C)c2=O)on1. The lowest BCUT2D eigenvalue weighted by molar-refractivity contribution is 0.0909. The van der Waals surface area contributed by atoms with Gasteiger partial charge < -0.3 is 23.7 Å². The molecule has 0 amide bonds. The number of pyridine rings is 2. The molecule has 1 N–H and O–H groups in total. The van der Waals surface area contributed by atoms with Crippen LogP contribution in [0.4, 0.5) is 0 Å². The van der Waals surface area contributed by atoms with Gasteiger partial charge >= 0.3 is 0 Å². The predicted molar refractivity (Wildman–Crippen MR) is 159 cm³/mol. The molecule has 5 aromatic heterocycles. The molecule has 6 heterocycles. The van der Waals surface area contributed by atoms with Gasteiger partial charge in [0.1, 0.15) is 12.4 Å². The Balaban J connectivity index is 1.63. The fourth-order valence-corrected chi connectivity index (χ4v) is 6.48. The highest BCUT2D eigenvalue weighted by atomic mass is 28.3. The minimum absolute atomic E-state index is 0.103. The summed E-state index contributed by atoms with van der Waals surface area (Å²) in [5.41, 5.74) is 5.82. The number of nitrogens with one attached hydrogen (secondary N) is 1. The van der Waals surface area contributed by atoms with E-state index >= 15 is 0 Å². The molecule has 1 saturated heterocycles. The molecule has 0 saturated carbocycles. The number of rotatable bonds is 8. The fraction of sp³-hybridized carbons (Fsp3) is 0.448. The van der Waals surface area contributed by atoms with Crippen molar-refractivity contribution in [2.45, 2.75) is 51.7 Å². The maximum Gasteiger partial charge on any atom is 0.262 e. The number of aromatic nitrogens is 6. The molecule has 11 heteroatoms. The van der Waals surface area contributed by atoms with Crippen LogP contribution in [0.1, 0.15) is 23.6 Å². The van der Waals surface area contributed by atoms with Crippen LogP contribution in [0, 0.1) is 6.92 Å². The van der Waals surface area contributed by atoms with Crippen LogP contribution in [-0.2, 0) is 25.6 Å². The summed E-state index contributed by atoms with van der Waals surface area (Å²) in [4.78, 5) is 18.8. The normalized spacial score (nSPS) is 16.1. The first-order valence-electron chi connectivity index (χ1n) is 13.9. The lowest BCUT2D eigenvalue weighted by atomic mass is 9.88. The Hall–Kier alpha value is -3.54. The highest BCUT2D eigenvalue weighted by Gasteiger charge is 2.30. The molecule has 0 radical (unpaired) electrons. The van der Waals surface area contributed by atoms with Gasteiger partial charge in [-0.2, -0.15) is 5.10 Å². The standard InChI is InChI=1S/C29H37N7O3Si/c1-18-11-24(39-33-18)27-25(19-7-8-30-13-19)26-21-12-22(20-14-32-34(2)16-20)36(17-38-9-10-40(4,5)6)28(21)31-15-23(26)35(3)29(27)37/h11-12,14-16,19,30H,7-10,13,17H2,1-6H3. The quantitative estimate of drug-likeness (QED) is 0.218. The van der Waals surface area contributed by atoms with E-state index in [1.165, 1.54) is 0 Å². The number of hydrogen-bond donors (Lipinski definition) is 1. The van der Waals surface area contributed by atoms with Gasteiger partial charge in [0.2, 0.25) is 0 Å². The zero-order valence-corrected chi connectivity index (χ0v) is 25.1. The number of ether oxygens (including phenoxy) is 1. The molecule has 210 valence electrons. The molecule has 1 aliphatic heterocycles. The second-order valence-corrected chi connectivity index (χ2v) is 17.8. The Labute approximate surface area is 233 Å². The summed E-state index contributed by atoms with van der Waals surface area (Å²) in [5, 5.41) is 14.0. The maximum absolute atomic E-state index is 13.9. The van der Waals surface area contributed by atoms with Gasteiger partial charge in [-0.25, -0.2) is 4.98 Å².